The number of halogens is 1. The summed E-state index contributed by atoms with van der Waals surface area (Å²) in [5.41, 5.74) is 1.01. The highest BCUT2D eigenvalue weighted by Crippen LogP contribution is 2.26. The lowest BCUT2D eigenvalue weighted by Gasteiger charge is -2.29. The smallest absolute Gasteiger partial charge is 0.262 e. The van der Waals surface area contributed by atoms with Gasteiger partial charge in [0.1, 0.15) is 23.2 Å². The van der Waals surface area contributed by atoms with Gasteiger partial charge in [-0.15, -0.1) is 0 Å². The maximum atomic E-state index is 12.5. The number of benzene rings is 1. The second-order valence-corrected chi connectivity index (χ2v) is 7.64. The van der Waals surface area contributed by atoms with Gasteiger partial charge in [0.05, 0.1) is 0 Å². The van der Waals surface area contributed by atoms with Crippen molar-refractivity contribution in [1.29, 1.82) is 5.26 Å². The molecule has 0 radical (unpaired) electrons. The summed E-state index contributed by atoms with van der Waals surface area (Å²) in [6.07, 6.45) is 5.92. The summed E-state index contributed by atoms with van der Waals surface area (Å²) in [6.45, 7) is 2.15. The van der Waals surface area contributed by atoms with Crippen LogP contribution in [0.25, 0.3) is 17.4 Å². The number of amides is 1. The Kier molecular flexibility index (Phi) is 5.95. The SMILES string of the molecule is C[C@H]1CCCC[C@@H]1NC(=O)/C(C#N)=C/c1ccc(-c2ccc(Br)cc2)o1. The van der Waals surface area contributed by atoms with E-state index in [2.05, 4.69) is 28.2 Å². The minimum atomic E-state index is -0.326. The molecule has 3 rings (SSSR count). The van der Waals surface area contributed by atoms with Crippen molar-refractivity contribution in [3.63, 3.8) is 0 Å². The van der Waals surface area contributed by atoms with Gasteiger partial charge in [0, 0.05) is 22.2 Å². The van der Waals surface area contributed by atoms with Crippen molar-refractivity contribution in [2.45, 2.75) is 38.6 Å². The first-order chi connectivity index (χ1) is 12.6. The van der Waals surface area contributed by atoms with Crippen LogP contribution in [0.5, 0.6) is 0 Å². The summed E-state index contributed by atoms with van der Waals surface area (Å²) in [5.74, 6) is 1.31. The van der Waals surface area contributed by atoms with Gasteiger partial charge in [-0.05, 0) is 43.0 Å². The van der Waals surface area contributed by atoms with Gasteiger partial charge in [-0.25, -0.2) is 0 Å². The molecular formula is C21H21BrN2O2. The Morgan fingerprint density at radius 1 is 1.23 bits per heavy atom. The molecule has 1 N–H and O–H groups in total. The lowest BCUT2D eigenvalue weighted by Crippen LogP contribution is -2.41. The Bertz CT molecular complexity index is 846. The molecular weight excluding hydrogens is 392 g/mol. The monoisotopic (exact) mass is 412 g/mol. The molecule has 1 aliphatic carbocycles. The number of nitrogens with one attached hydrogen (secondary N) is 1. The summed E-state index contributed by atoms with van der Waals surface area (Å²) in [4.78, 5) is 12.5. The van der Waals surface area contributed by atoms with Crippen LogP contribution in [0.2, 0.25) is 0 Å². The van der Waals surface area contributed by atoms with Crippen molar-refractivity contribution < 1.29 is 9.21 Å². The summed E-state index contributed by atoms with van der Waals surface area (Å²) < 4.78 is 6.77. The van der Waals surface area contributed by atoms with Crippen LogP contribution in [-0.2, 0) is 4.79 Å². The van der Waals surface area contributed by atoms with E-state index >= 15 is 0 Å². The van der Waals surface area contributed by atoms with Crippen LogP contribution in [0.1, 0.15) is 38.4 Å². The minimum Gasteiger partial charge on any atom is -0.457 e. The van der Waals surface area contributed by atoms with Crippen LogP contribution in [-0.4, -0.2) is 11.9 Å². The third-order valence-electron chi connectivity index (χ3n) is 4.84. The summed E-state index contributed by atoms with van der Waals surface area (Å²) in [6, 6.07) is 13.5. The number of nitriles is 1. The largest absolute Gasteiger partial charge is 0.457 e. The summed E-state index contributed by atoms with van der Waals surface area (Å²) in [7, 11) is 0. The predicted molar refractivity (Wildman–Crippen MR) is 105 cm³/mol. The Morgan fingerprint density at radius 2 is 1.96 bits per heavy atom. The number of rotatable bonds is 4. The van der Waals surface area contributed by atoms with Crippen LogP contribution in [0, 0.1) is 17.2 Å². The van der Waals surface area contributed by atoms with E-state index in [1.807, 2.05) is 36.4 Å². The van der Waals surface area contributed by atoms with Crippen molar-refractivity contribution in [2.24, 2.45) is 5.92 Å². The van der Waals surface area contributed by atoms with E-state index < -0.39 is 0 Å². The molecule has 1 heterocycles. The quantitative estimate of drug-likeness (QED) is 0.546. The molecule has 1 fully saturated rings. The first-order valence-electron chi connectivity index (χ1n) is 8.85. The van der Waals surface area contributed by atoms with Crippen LogP contribution in [0.15, 0.2) is 50.9 Å². The van der Waals surface area contributed by atoms with Crippen molar-refractivity contribution in [1.82, 2.24) is 5.32 Å². The predicted octanol–water partition coefficient (Wildman–Crippen LogP) is 5.31. The topological polar surface area (TPSA) is 66.0 Å². The molecule has 1 amide bonds. The standard InChI is InChI=1S/C21H21BrN2O2/c1-14-4-2-3-5-19(14)24-21(25)16(13-23)12-18-10-11-20(26-18)15-6-8-17(22)9-7-15/h6-12,14,19H,2-5H2,1H3,(H,24,25)/b16-12+/t14-,19-/m0/s1. The lowest BCUT2D eigenvalue weighted by atomic mass is 9.86. The number of furan rings is 1. The van der Waals surface area contributed by atoms with Crippen molar-refractivity contribution >= 4 is 27.9 Å². The van der Waals surface area contributed by atoms with Gasteiger partial charge in [0.2, 0.25) is 0 Å². The van der Waals surface area contributed by atoms with E-state index in [9.17, 15) is 10.1 Å². The Labute approximate surface area is 162 Å². The molecule has 1 aromatic carbocycles. The van der Waals surface area contributed by atoms with Crippen molar-refractivity contribution in [2.75, 3.05) is 0 Å². The fraction of sp³-hybridized carbons (Fsp3) is 0.333. The molecule has 0 aliphatic heterocycles. The molecule has 2 aromatic rings. The minimum absolute atomic E-state index is 0.0690. The third-order valence-corrected chi connectivity index (χ3v) is 5.36. The normalized spacial score (nSPS) is 20.4. The molecule has 26 heavy (non-hydrogen) atoms. The molecule has 0 unspecified atom stereocenters. The molecule has 4 nitrogen and oxygen atoms in total. The van der Waals surface area contributed by atoms with Crippen LogP contribution in [0.3, 0.4) is 0 Å². The molecule has 1 saturated carbocycles. The van der Waals surface area contributed by atoms with Gasteiger partial charge in [0.25, 0.3) is 5.91 Å². The van der Waals surface area contributed by atoms with Gasteiger partial charge in [-0.1, -0.05) is 47.8 Å². The van der Waals surface area contributed by atoms with Crippen LogP contribution < -0.4 is 5.32 Å². The second kappa shape index (κ2) is 8.37. The number of hydrogen-bond donors (Lipinski definition) is 1. The summed E-state index contributed by atoms with van der Waals surface area (Å²) >= 11 is 3.41. The Balaban J connectivity index is 1.73. The van der Waals surface area contributed by atoms with Crippen LogP contribution >= 0.6 is 15.9 Å². The average molecular weight is 413 g/mol. The molecule has 0 bridgehead atoms. The second-order valence-electron chi connectivity index (χ2n) is 6.72. The van der Waals surface area contributed by atoms with E-state index in [-0.39, 0.29) is 17.5 Å². The van der Waals surface area contributed by atoms with Gasteiger partial charge >= 0.3 is 0 Å². The Hall–Kier alpha value is -2.32. The van der Waals surface area contributed by atoms with Gasteiger partial charge in [0.15, 0.2) is 0 Å². The molecule has 1 aliphatic rings. The van der Waals surface area contributed by atoms with Gasteiger partial charge < -0.3 is 9.73 Å². The molecule has 134 valence electrons. The average Bonchev–Trinajstić information content (AvgIpc) is 3.10. The third kappa shape index (κ3) is 4.44. The van der Waals surface area contributed by atoms with Crippen molar-refractivity contribution in [3.8, 4) is 17.4 Å². The number of hydrogen-bond acceptors (Lipinski definition) is 3. The first kappa shape index (κ1) is 18.5. The highest BCUT2D eigenvalue weighted by atomic mass is 79.9. The maximum Gasteiger partial charge on any atom is 0.262 e. The van der Waals surface area contributed by atoms with E-state index in [0.717, 1.165) is 29.3 Å². The molecule has 5 heteroatoms. The van der Waals surface area contributed by atoms with E-state index in [4.69, 9.17) is 4.42 Å². The molecule has 2 atom stereocenters. The molecule has 0 spiro atoms. The van der Waals surface area contributed by atoms with E-state index in [0.29, 0.717) is 17.4 Å². The molecule has 0 saturated heterocycles. The highest BCUT2D eigenvalue weighted by Gasteiger charge is 2.24. The number of carbonyl (C=O) groups excluding carboxylic acids is 1. The number of nitrogens with zero attached hydrogens (tertiary/aromatic N) is 1. The Morgan fingerprint density at radius 3 is 2.65 bits per heavy atom. The first-order valence-corrected chi connectivity index (χ1v) is 9.64. The lowest BCUT2D eigenvalue weighted by molar-refractivity contribution is -0.118. The van der Waals surface area contributed by atoms with Crippen LogP contribution in [0.4, 0.5) is 0 Å². The van der Waals surface area contributed by atoms with Gasteiger partial charge in [-0.2, -0.15) is 5.26 Å². The zero-order chi connectivity index (χ0) is 18.5. The van der Waals surface area contributed by atoms with E-state index in [1.54, 1.807) is 6.07 Å². The molecule has 1 aromatic heterocycles. The van der Waals surface area contributed by atoms with Gasteiger partial charge in [-0.3, -0.25) is 4.79 Å². The zero-order valence-corrected chi connectivity index (χ0v) is 16.3. The van der Waals surface area contributed by atoms with Crippen molar-refractivity contribution in [3.05, 3.63) is 52.2 Å². The zero-order valence-electron chi connectivity index (χ0n) is 14.7. The highest BCUT2D eigenvalue weighted by molar-refractivity contribution is 9.10. The summed E-state index contributed by atoms with van der Waals surface area (Å²) in [5, 5.41) is 12.4. The fourth-order valence-corrected chi connectivity index (χ4v) is 3.53. The fourth-order valence-electron chi connectivity index (χ4n) is 3.27. The maximum absolute atomic E-state index is 12.5. The number of carbonyl (C=O) groups is 1. The van der Waals surface area contributed by atoms with E-state index in [1.165, 1.54) is 12.5 Å².